The molecular weight excluding hydrogens is 327 g/mol. The van der Waals surface area contributed by atoms with Gasteiger partial charge in [0.15, 0.2) is 0 Å². The van der Waals surface area contributed by atoms with Crippen molar-refractivity contribution in [1.29, 1.82) is 0 Å². The highest BCUT2D eigenvalue weighted by Gasteiger charge is 2.04. The van der Waals surface area contributed by atoms with Crippen molar-refractivity contribution in [3.05, 3.63) is 53.8 Å². The van der Waals surface area contributed by atoms with Crippen molar-refractivity contribution in [2.24, 2.45) is 0 Å². The van der Waals surface area contributed by atoms with Crippen LogP contribution in [0, 0.1) is 5.82 Å². The van der Waals surface area contributed by atoms with Gasteiger partial charge in [0.05, 0.1) is 20.8 Å². The van der Waals surface area contributed by atoms with Gasteiger partial charge in [-0.05, 0) is 17.7 Å². The monoisotopic (exact) mass is 348 g/mol. The van der Waals surface area contributed by atoms with E-state index in [2.05, 4.69) is 10.6 Å². The number of benzene rings is 2. The summed E-state index contributed by atoms with van der Waals surface area (Å²) in [4.78, 5) is 11.7. The Bertz CT molecular complexity index is 670. The number of hydrogen-bond donors (Lipinski definition) is 2. The van der Waals surface area contributed by atoms with E-state index in [4.69, 9.17) is 14.2 Å². The van der Waals surface area contributed by atoms with E-state index in [0.717, 1.165) is 5.56 Å². The Morgan fingerprint density at radius 3 is 2.16 bits per heavy atom. The van der Waals surface area contributed by atoms with Gasteiger partial charge in [-0.25, -0.2) is 9.18 Å². The summed E-state index contributed by atoms with van der Waals surface area (Å²) in [7, 11) is 3.12. The summed E-state index contributed by atoms with van der Waals surface area (Å²) in [6.45, 7) is 0.940. The first-order valence-electron chi connectivity index (χ1n) is 7.72. The molecule has 2 amide bonds. The van der Waals surface area contributed by atoms with Crippen LogP contribution in [0.3, 0.4) is 0 Å². The summed E-state index contributed by atoms with van der Waals surface area (Å²) in [5.74, 6) is 1.53. The number of ether oxygens (including phenoxy) is 3. The minimum absolute atomic E-state index is 0.292. The van der Waals surface area contributed by atoms with Crippen molar-refractivity contribution < 1.29 is 23.4 Å². The SMILES string of the molecule is COc1cc(OC)cc(OCCNC(=O)NCc2ccc(F)cc2)c1. The summed E-state index contributed by atoms with van der Waals surface area (Å²) in [6, 6.07) is 10.8. The van der Waals surface area contributed by atoms with Crippen LogP contribution in [-0.2, 0) is 6.54 Å². The van der Waals surface area contributed by atoms with E-state index in [1.54, 1.807) is 44.6 Å². The van der Waals surface area contributed by atoms with Crippen molar-refractivity contribution >= 4 is 6.03 Å². The Hall–Kier alpha value is -2.96. The number of halogens is 1. The molecule has 0 atom stereocenters. The first-order chi connectivity index (χ1) is 12.1. The number of methoxy groups -OCH3 is 2. The van der Waals surface area contributed by atoms with E-state index >= 15 is 0 Å². The molecule has 2 aromatic carbocycles. The third-order valence-corrected chi connectivity index (χ3v) is 3.35. The van der Waals surface area contributed by atoms with Crippen molar-refractivity contribution in [3.63, 3.8) is 0 Å². The van der Waals surface area contributed by atoms with Gasteiger partial charge in [0.2, 0.25) is 0 Å². The maximum atomic E-state index is 12.8. The molecule has 2 N–H and O–H groups in total. The molecule has 0 aromatic heterocycles. The Kier molecular flexibility index (Phi) is 6.88. The number of amides is 2. The molecule has 7 heteroatoms. The molecule has 0 aliphatic rings. The van der Waals surface area contributed by atoms with Crippen LogP contribution in [0.4, 0.5) is 9.18 Å². The van der Waals surface area contributed by atoms with Crippen LogP contribution in [-0.4, -0.2) is 33.4 Å². The van der Waals surface area contributed by atoms with Crippen LogP contribution < -0.4 is 24.8 Å². The lowest BCUT2D eigenvalue weighted by Gasteiger charge is -2.11. The third-order valence-electron chi connectivity index (χ3n) is 3.35. The lowest BCUT2D eigenvalue weighted by Crippen LogP contribution is -2.37. The molecule has 0 saturated heterocycles. The van der Waals surface area contributed by atoms with E-state index in [-0.39, 0.29) is 11.8 Å². The van der Waals surface area contributed by atoms with Crippen molar-refractivity contribution in [2.75, 3.05) is 27.4 Å². The van der Waals surface area contributed by atoms with Gasteiger partial charge in [0.1, 0.15) is 29.7 Å². The largest absolute Gasteiger partial charge is 0.496 e. The second-order valence-electron chi connectivity index (χ2n) is 5.13. The topological polar surface area (TPSA) is 68.8 Å². The van der Waals surface area contributed by atoms with Gasteiger partial charge < -0.3 is 24.8 Å². The molecule has 0 saturated carbocycles. The van der Waals surface area contributed by atoms with E-state index in [9.17, 15) is 9.18 Å². The lowest BCUT2D eigenvalue weighted by molar-refractivity contribution is 0.236. The van der Waals surface area contributed by atoms with Crippen LogP contribution in [0.5, 0.6) is 17.2 Å². The number of urea groups is 1. The predicted molar refractivity (Wildman–Crippen MR) is 91.7 cm³/mol. The standard InChI is InChI=1S/C18H21FN2O4/c1-23-15-9-16(24-2)11-17(10-15)25-8-7-20-18(22)21-12-13-3-5-14(19)6-4-13/h3-6,9-11H,7-8,12H2,1-2H3,(H2,20,21,22). The van der Waals surface area contributed by atoms with Gasteiger partial charge in [-0.15, -0.1) is 0 Å². The first-order valence-corrected chi connectivity index (χ1v) is 7.72. The van der Waals surface area contributed by atoms with Gasteiger partial charge in [0.25, 0.3) is 0 Å². The molecule has 25 heavy (non-hydrogen) atoms. The highest BCUT2D eigenvalue weighted by Crippen LogP contribution is 2.27. The number of carbonyl (C=O) groups is 1. The molecule has 0 aliphatic heterocycles. The number of carbonyl (C=O) groups excluding carboxylic acids is 1. The normalized spacial score (nSPS) is 10.0. The van der Waals surface area contributed by atoms with Crippen molar-refractivity contribution in [1.82, 2.24) is 10.6 Å². The summed E-state index contributed by atoms with van der Waals surface area (Å²) in [6.07, 6.45) is 0. The summed E-state index contributed by atoms with van der Waals surface area (Å²) in [5.41, 5.74) is 0.816. The zero-order valence-electron chi connectivity index (χ0n) is 14.2. The van der Waals surface area contributed by atoms with E-state index in [1.807, 2.05) is 0 Å². The van der Waals surface area contributed by atoms with Gasteiger partial charge in [-0.1, -0.05) is 12.1 Å². The average molecular weight is 348 g/mol. The molecule has 0 aliphatic carbocycles. The second-order valence-corrected chi connectivity index (χ2v) is 5.13. The Labute approximate surface area is 145 Å². The minimum atomic E-state index is -0.323. The highest BCUT2D eigenvalue weighted by atomic mass is 19.1. The van der Waals surface area contributed by atoms with Crippen molar-refractivity contribution in [3.8, 4) is 17.2 Å². The molecule has 2 aromatic rings. The fourth-order valence-corrected chi connectivity index (χ4v) is 2.05. The zero-order chi connectivity index (χ0) is 18.1. The van der Waals surface area contributed by atoms with Gasteiger partial charge in [-0.2, -0.15) is 0 Å². The van der Waals surface area contributed by atoms with Gasteiger partial charge >= 0.3 is 6.03 Å². The minimum Gasteiger partial charge on any atom is -0.496 e. The number of nitrogens with one attached hydrogen (secondary N) is 2. The summed E-state index contributed by atoms with van der Waals surface area (Å²) < 4.78 is 28.7. The molecule has 0 bridgehead atoms. The fourth-order valence-electron chi connectivity index (χ4n) is 2.05. The quantitative estimate of drug-likeness (QED) is 0.720. The molecule has 0 radical (unpaired) electrons. The van der Waals surface area contributed by atoms with Gasteiger partial charge in [0, 0.05) is 24.7 Å². The number of rotatable bonds is 8. The van der Waals surface area contributed by atoms with E-state index < -0.39 is 0 Å². The van der Waals surface area contributed by atoms with Crippen LogP contribution in [0.1, 0.15) is 5.56 Å². The predicted octanol–water partition coefficient (Wildman–Crippen LogP) is 2.72. The zero-order valence-corrected chi connectivity index (χ0v) is 14.2. The molecule has 0 fully saturated rings. The Balaban J connectivity index is 1.70. The highest BCUT2D eigenvalue weighted by molar-refractivity contribution is 5.73. The van der Waals surface area contributed by atoms with Crippen LogP contribution in [0.2, 0.25) is 0 Å². The van der Waals surface area contributed by atoms with Crippen LogP contribution >= 0.6 is 0 Å². The van der Waals surface area contributed by atoms with Gasteiger partial charge in [-0.3, -0.25) is 0 Å². The third kappa shape index (κ3) is 6.21. The van der Waals surface area contributed by atoms with E-state index in [1.165, 1.54) is 12.1 Å². The Morgan fingerprint density at radius 1 is 0.960 bits per heavy atom. The van der Waals surface area contributed by atoms with Crippen molar-refractivity contribution in [2.45, 2.75) is 6.54 Å². The lowest BCUT2D eigenvalue weighted by atomic mass is 10.2. The number of hydrogen-bond acceptors (Lipinski definition) is 4. The molecule has 0 spiro atoms. The second kappa shape index (κ2) is 9.36. The summed E-state index contributed by atoms with van der Waals surface area (Å²) >= 11 is 0. The fraction of sp³-hybridized carbons (Fsp3) is 0.278. The molecule has 2 rings (SSSR count). The molecule has 0 unspecified atom stereocenters. The molecule has 134 valence electrons. The average Bonchev–Trinajstić information content (AvgIpc) is 2.64. The van der Waals surface area contributed by atoms with E-state index in [0.29, 0.717) is 36.9 Å². The summed E-state index contributed by atoms with van der Waals surface area (Å²) in [5, 5.41) is 5.37. The maximum Gasteiger partial charge on any atom is 0.315 e. The van der Waals surface area contributed by atoms with Crippen LogP contribution in [0.15, 0.2) is 42.5 Å². The molecular formula is C18H21FN2O4. The maximum absolute atomic E-state index is 12.8. The smallest absolute Gasteiger partial charge is 0.315 e. The first kappa shape index (κ1) is 18.4. The van der Waals surface area contributed by atoms with Crippen LogP contribution in [0.25, 0.3) is 0 Å². The molecule has 0 heterocycles. The Morgan fingerprint density at radius 2 is 1.56 bits per heavy atom. The molecule has 6 nitrogen and oxygen atoms in total.